The predicted octanol–water partition coefficient (Wildman–Crippen LogP) is 2.99. The van der Waals surface area contributed by atoms with Crippen molar-refractivity contribution in [2.75, 3.05) is 0 Å². The second kappa shape index (κ2) is 2.60. The minimum absolute atomic E-state index is 0.115. The van der Waals surface area contributed by atoms with Crippen LogP contribution in [0, 0.1) is 13.8 Å². The van der Waals surface area contributed by atoms with Gasteiger partial charge >= 0.3 is 0 Å². The average Bonchev–Trinajstić information content (AvgIpc) is 2.60. The van der Waals surface area contributed by atoms with Gasteiger partial charge in [-0.15, -0.1) is 0 Å². The van der Waals surface area contributed by atoms with Crippen molar-refractivity contribution in [2.45, 2.75) is 13.8 Å². The molecule has 1 aromatic heterocycles. The van der Waals surface area contributed by atoms with Gasteiger partial charge in [-0.2, -0.15) is 0 Å². The summed E-state index contributed by atoms with van der Waals surface area (Å²) in [6.07, 6.45) is 5.49. The van der Waals surface area contributed by atoms with Gasteiger partial charge in [0, 0.05) is 28.2 Å². The Morgan fingerprint density at radius 3 is 2.73 bits per heavy atom. The van der Waals surface area contributed by atoms with E-state index in [1.54, 1.807) is 6.08 Å². The maximum Gasteiger partial charge on any atom is 0.186 e. The number of hydrogen-bond acceptors (Lipinski definition) is 1. The zero-order chi connectivity index (χ0) is 10.6. The summed E-state index contributed by atoms with van der Waals surface area (Å²) < 4.78 is 0. The fraction of sp³-hybridized carbons (Fsp3) is 0.154. The van der Waals surface area contributed by atoms with E-state index in [0.29, 0.717) is 0 Å². The number of allylic oxidation sites excluding steroid dienone is 1. The Bertz CT molecular complexity index is 617. The van der Waals surface area contributed by atoms with E-state index in [4.69, 9.17) is 0 Å². The molecule has 0 unspecified atom stereocenters. The smallest absolute Gasteiger partial charge is 0.186 e. The van der Waals surface area contributed by atoms with E-state index >= 15 is 0 Å². The predicted molar refractivity (Wildman–Crippen MR) is 61.1 cm³/mol. The number of aromatic nitrogens is 1. The summed E-state index contributed by atoms with van der Waals surface area (Å²) in [5, 5.41) is 1.08. The second-order valence-electron chi connectivity index (χ2n) is 4.08. The van der Waals surface area contributed by atoms with Crippen LogP contribution in [0.15, 0.2) is 18.3 Å². The summed E-state index contributed by atoms with van der Waals surface area (Å²) in [4.78, 5) is 15.0. The Morgan fingerprint density at radius 1 is 1.13 bits per heavy atom. The molecule has 2 nitrogen and oxygen atoms in total. The third-order valence-corrected chi connectivity index (χ3v) is 3.04. The maximum absolute atomic E-state index is 11.8. The molecule has 2 aromatic rings. The number of carbonyl (C=O) groups is 1. The Hall–Kier alpha value is -1.83. The van der Waals surface area contributed by atoms with Crippen molar-refractivity contribution in [1.29, 1.82) is 0 Å². The van der Waals surface area contributed by atoms with Crippen LogP contribution in [0.4, 0.5) is 0 Å². The molecular formula is C13H11NO. The lowest BCUT2D eigenvalue weighted by Gasteiger charge is -2.10. The lowest BCUT2D eigenvalue weighted by Crippen LogP contribution is -2.03. The quantitative estimate of drug-likeness (QED) is 0.691. The Balaban J connectivity index is 2.61. The number of ketones is 1. The molecule has 3 rings (SSSR count). The summed E-state index contributed by atoms with van der Waals surface area (Å²) in [6, 6.07) is 2.06. The summed E-state index contributed by atoms with van der Waals surface area (Å²) >= 11 is 0. The molecule has 1 N–H and O–H groups in total. The number of aromatic amines is 1. The van der Waals surface area contributed by atoms with E-state index < -0.39 is 0 Å². The van der Waals surface area contributed by atoms with Gasteiger partial charge in [0.25, 0.3) is 0 Å². The number of hydrogen-bond donors (Lipinski definition) is 1. The van der Waals surface area contributed by atoms with Crippen molar-refractivity contribution in [1.82, 2.24) is 4.98 Å². The zero-order valence-corrected chi connectivity index (χ0v) is 8.72. The van der Waals surface area contributed by atoms with Crippen LogP contribution in [0.5, 0.6) is 0 Å². The molecule has 1 aliphatic carbocycles. The molecule has 1 aliphatic rings. The van der Waals surface area contributed by atoms with Gasteiger partial charge in [0.1, 0.15) is 0 Å². The highest BCUT2D eigenvalue weighted by Gasteiger charge is 2.19. The largest absolute Gasteiger partial charge is 0.360 e. The van der Waals surface area contributed by atoms with Crippen molar-refractivity contribution in [2.24, 2.45) is 0 Å². The molecule has 74 valence electrons. The topological polar surface area (TPSA) is 32.9 Å². The highest BCUT2D eigenvalue weighted by molar-refractivity contribution is 6.20. The molecule has 0 atom stereocenters. The van der Waals surface area contributed by atoms with Crippen molar-refractivity contribution < 1.29 is 4.79 Å². The van der Waals surface area contributed by atoms with Gasteiger partial charge in [0.2, 0.25) is 0 Å². The normalized spacial score (nSPS) is 13.9. The van der Waals surface area contributed by atoms with Gasteiger partial charge in [-0.05, 0) is 37.1 Å². The molecule has 0 spiro atoms. The lowest BCUT2D eigenvalue weighted by molar-refractivity contribution is 0.104. The van der Waals surface area contributed by atoms with Gasteiger partial charge in [-0.25, -0.2) is 0 Å². The molecule has 0 saturated heterocycles. The van der Waals surface area contributed by atoms with Crippen LogP contribution in [-0.2, 0) is 0 Å². The molecule has 15 heavy (non-hydrogen) atoms. The van der Waals surface area contributed by atoms with E-state index in [2.05, 4.69) is 18.0 Å². The van der Waals surface area contributed by atoms with Crippen LogP contribution in [0.3, 0.4) is 0 Å². The minimum Gasteiger partial charge on any atom is -0.360 e. The van der Waals surface area contributed by atoms with Crippen molar-refractivity contribution in [3.63, 3.8) is 0 Å². The van der Waals surface area contributed by atoms with Crippen molar-refractivity contribution in [3.05, 3.63) is 40.6 Å². The molecule has 2 heteroatoms. The van der Waals surface area contributed by atoms with Crippen molar-refractivity contribution in [3.8, 4) is 0 Å². The van der Waals surface area contributed by atoms with E-state index in [-0.39, 0.29) is 5.78 Å². The summed E-state index contributed by atoms with van der Waals surface area (Å²) in [7, 11) is 0. The van der Waals surface area contributed by atoms with Crippen LogP contribution in [0.2, 0.25) is 0 Å². The van der Waals surface area contributed by atoms with Crippen LogP contribution >= 0.6 is 0 Å². The van der Waals surface area contributed by atoms with Crippen molar-refractivity contribution >= 4 is 22.8 Å². The number of H-pyrrole nitrogens is 1. The monoisotopic (exact) mass is 197 g/mol. The third kappa shape index (κ3) is 0.962. The Labute approximate surface area is 87.6 Å². The highest BCUT2D eigenvalue weighted by atomic mass is 16.1. The molecule has 0 radical (unpaired) electrons. The van der Waals surface area contributed by atoms with Gasteiger partial charge in [-0.1, -0.05) is 6.07 Å². The first-order valence-corrected chi connectivity index (χ1v) is 5.02. The number of aryl methyl sites for hydroxylation is 2. The van der Waals surface area contributed by atoms with E-state index in [0.717, 1.165) is 27.6 Å². The SMILES string of the molecule is Cc1cc(C)c2[nH]cc3c2c1C(=O)C=C3. The highest BCUT2D eigenvalue weighted by Crippen LogP contribution is 2.32. The Morgan fingerprint density at radius 2 is 1.93 bits per heavy atom. The number of carbonyl (C=O) groups excluding carboxylic acids is 1. The van der Waals surface area contributed by atoms with Crippen LogP contribution < -0.4 is 0 Å². The molecule has 0 amide bonds. The van der Waals surface area contributed by atoms with Gasteiger partial charge in [0.15, 0.2) is 5.78 Å². The van der Waals surface area contributed by atoms with Gasteiger partial charge in [0.05, 0.1) is 0 Å². The maximum atomic E-state index is 11.8. The summed E-state index contributed by atoms with van der Waals surface area (Å²) in [6.45, 7) is 4.06. The van der Waals surface area contributed by atoms with E-state index in [1.807, 2.05) is 19.2 Å². The average molecular weight is 197 g/mol. The standard InChI is InChI=1S/C13H11NO/c1-7-5-8(2)13-12-9(6-14-13)3-4-10(15)11(7)12/h3-6,14H,1-2H3. The zero-order valence-electron chi connectivity index (χ0n) is 8.72. The van der Waals surface area contributed by atoms with Crippen LogP contribution in [0.1, 0.15) is 27.0 Å². The Kier molecular flexibility index (Phi) is 1.47. The first-order valence-electron chi connectivity index (χ1n) is 5.02. The van der Waals surface area contributed by atoms with Gasteiger partial charge < -0.3 is 4.98 Å². The fourth-order valence-corrected chi connectivity index (χ4v) is 2.38. The molecule has 0 fully saturated rings. The first-order chi connectivity index (χ1) is 7.18. The molecule has 0 aliphatic heterocycles. The number of nitrogens with one attached hydrogen (secondary N) is 1. The molecule has 1 heterocycles. The van der Waals surface area contributed by atoms with Gasteiger partial charge in [-0.3, -0.25) is 4.79 Å². The number of benzene rings is 1. The van der Waals surface area contributed by atoms with Crippen LogP contribution in [-0.4, -0.2) is 10.8 Å². The molecular weight excluding hydrogens is 186 g/mol. The second-order valence-corrected chi connectivity index (χ2v) is 4.08. The molecule has 1 aromatic carbocycles. The van der Waals surface area contributed by atoms with Crippen LogP contribution in [0.25, 0.3) is 17.0 Å². The lowest BCUT2D eigenvalue weighted by atomic mass is 9.92. The minimum atomic E-state index is 0.115. The molecule has 0 bridgehead atoms. The number of rotatable bonds is 0. The summed E-state index contributed by atoms with van der Waals surface area (Å²) in [5.74, 6) is 0.115. The van der Waals surface area contributed by atoms with E-state index in [9.17, 15) is 4.79 Å². The van der Waals surface area contributed by atoms with E-state index in [1.165, 1.54) is 5.56 Å². The molecule has 0 saturated carbocycles. The summed E-state index contributed by atoms with van der Waals surface area (Å²) in [5.41, 5.74) is 5.32. The first kappa shape index (κ1) is 8.48. The third-order valence-electron chi connectivity index (χ3n) is 3.04. The fourth-order valence-electron chi connectivity index (χ4n) is 2.38.